The number of hydrogen-bond donors (Lipinski definition) is 2. The van der Waals surface area contributed by atoms with Gasteiger partial charge >= 0.3 is 0 Å². The van der Waals surface area contributed by atoms with Gasteiger partial charge in [0.15, 0.2) is 0 Å². The number of amides is 1. The molecule has 0 unspecified atom stereocenters. The van der Waals surface area contributed by atoms with E-state index in [0.29, 0.717) is 27.4 Å². The van der Waals surface area contributed by atoms with Gasteiger partial charge in [0, 0.05) is 25.9 Å². The van der Waals surface area contributed by atoms with E-state index in [1.165, 1.54) is 10.6 Å². The summed E-state index contributed by atoms with van der Waals surface area (Å²) in [6, 6.07) is 22.0. The maximum absolute atomic E-state index is 13.3. The van der Waals surface area contributed by atoms with Gasteiger partial charge in [0.25, 0.3) is 11.5 Å². The van der Waals surface area contributed by atoms with Crippen LogP contribution in [0.5, 0.6) is 0 Å². The first kappa shape index (κ1) is 23.2. The molecule has 7 nitrogen and oxygen atoms in total. The van der Waals surface area contributed by atoms with Gasteiger partial charge in [0.2, 0.25) is 0 Å². The van der Waals surface area contributed by atoms with Crippen LogP contribution < -0.4 is 21.3 Å². The van der Waals surface area contributed by atoms with Gasteiger partial charge in [-0.1, -0.05) is 48.0 Å². The number of hydrazine groups is 1. The average Bonchev–Trinajstić information content (AvgIpc) is 2.84. The summed E-state index contributed by atoms with van der Waals surface area (Å²) < 4.78 is 1.46. The zero-order valence-electron chi connectivity index (χ0n) is 18.8. The third kappa shape index (κ3) is 5.17. The van der Waals surface area contributed by atoms with Gasteiger partial charge in [-0.3, -0.25) is 19.6 Å². The Morgan fingerprint density at radius 2 is 1.74 bits per heavy atom. The predicted molar refractivity (Wildman–Crippen MR) is 137 cm³/mol. The molecule has 0 aliphatic carbocycles. The maximum atomic E-state index is 13.3. The molecular weight excluding hydrogens is 450 g/mol. The summed E-state index contributed by atoms with van der Waals surface area (Å²) in [7, 11) is 3.94. The van der Waals surface area contributed by atoms with E-state index >= 15 is 0 Å². The summed E-state index contributed by atoms with van der Waals surface area (Å²) in [6.07, 6.45) is 3.16. The normalized spacial score (nSPS) is 11.1. The predicted octanol–water partition coefficient (Wildman–Crippen LogP) is 3.94. The van der Waals surface area contributed by atoms with E-state index in [0.717, 1.165) is 11.3 Å². The topological polar surface area (TPSA) is 79.3 Å². The fourth-order valence-corrected chi connectivity index (χ4v) is 3.71. The number of nitrogens with zero attached hydrogens (tertiary/aromatic N) is 3. The minimum Gasteiger partial charge on any atom is -0.378 e. The first-order chi connectivity index (χ1) is 16.4. The third-order valence-electron chi connectivity index (χ3n) is 5.23. The van der Waals surface area contributed by atoms with Gasteiger partial charge < -0.3 is 4.90 Å². The van der Waals surface area contributed by atoms with E-state index in [9.17, 15) is 9.59 Å². The van der Waals surface area contributed by atoms with Crippen LogP contribution in [0.15, 0.2) is 83.7 Å². The number of fused-ring (bicyclic) bond motifs is 1. The molecule has 0 spiro atoms. The molecule has 1 aromatic heterocycles. The molecule has 4 aromatic rings. The number of rotatable bonds is 7. The van der Waals surface area contributed by atoms with Crippen molar-refractivity contribution in [3.05, 3.63) is 106 Å². The lowest BCUT2D eigenvalue weighted by molar-refractivity contribution is -0.117. The highest BCUT2D eigenvalue weighted by Gasteiger charge is 2.14. The van der Waals surface area contributed by atoms with Crippen molar-refractivity contribution in [3.8, 4) is 5.69 Å². The summed E-state index contributed by atoms with van der Waals surface area (Å²) in [4.78, 5) is 32.2. The summed E-state index contributed by atoms with van der Waals surface area (Å²) in [5.74, 6) is 0.0875. The van der Waals surface area contributed by atoms with E-state index in [2.05, 4.69) is 15.8 Å². The van der Waals surface area contributed by atoms with Crippen molar-refractivity contribution in [2.24, 2.45) is 0 Å². The van der Waals surface area contributed by atoms with E-state index in [4.69, 9.17) is 11.6 Å². The lowest BCUT2D eigenvalue weighted by Crippen LogP contribution is -2.38. The van der Waals surface area contributed by atoms with Crippen molar-refractivity contribution < 1.29 is 4.79 Å². The zero-order chi connectivity index (χ0) is 24.1. The number of benzene rings is 3. The molecule has 1 heterocycles. The summed E-state index contributed by atoms with van der Waals surface area (Å²) in [5.41, 5.74) is 8.33. The van der Waals surface area contributed by atoms with E-state index in [-0.39, 0.29) is 18.0 Å². The van der Waals surface area contributed by atoms with Crippen molar-refractivity contribution in [1.82, 2.24) is 20.4 Å². The molecule has 0 aliphatic heterocycles. The maximum Gasteiger partial charge on any atom is 0.266 e. The molecule has 4 rings (SSSR count). The van der Waals surface area contributed by atoms with Gasteiger partial charge in [-0.25, -0.2) is 10.4 Å². The van der Waals surface area contributed by atoms with Crippen LogP contribution in [-0.2, 0) is 11.3 Å². The Labute approximate surface area is 202 Å². The number of para-hydroxylation sites is 2. The third-order valence-corrected chi connectivity index (χ3v) is 5.55. The number of halogens is 1. The summed E-state index contributed by atoms with van der Waals surface area (Å²) in [6.45, 7) is 0.114. The molecule has 0 saturated carbocycles. The molecule has 0 fully saturated rings. The van der Waals surface area contributed by atoms with E-state index in [1.54, 1.807) is 48.5 Å². The first-order valence-corrected chi connectivity index (χ1v) is 11.1. The van der Waals surface area contributed by atoms with Crippen LogP contribution in [0, 0.1) is 0 Å². The smallest absolute Gasteiger partial charge is 0.266 e. The number of aromatic nitrogens is 2. The van der Waals surface area contributed by atoms with Gasteiger partial charge in [-0.05, 0) is 48.0 Å². The standard InChI is InChI=1S/C26H24ClN5O2/c1-31(2)19-14-11-18(12-15-19)13-16-25(33)30-28-17-24-29-22-9-5-3-7-20(22)26(34)32(24)23-10-6-4-8-21(23)27/h3-16,28H,17H2,1-2H3,(H,30,33)/b16-13+. The number of nitrogens with one attached hydrogen (secondary N) is 2. The van der Waals surface area contributed by atoms with Crippen molar-refractivity contribution in [2.75, 3.05) is 19.0 Å². The lowest BCUT2D eigenvalue weighted by Gasteiger charge is -2.15. The molecule has 1 amide bonds. The monoisotopic (exact) mass is 473 g/mol. The fraction of sp³-hybridized carbons (Fsp3) is 0.115. The zero-order valence-corrected chi connectivity index (χ0v) is 19.6. The molecule has 0 atom stereocenters. The quantitative estimate of drug-likeness (QED) is 0.314. The summed E-state index contributed by atoms with van der Waals surface area (Å²) >= 11 is 6.38. The van der Waals surface area contributed by atoms with Gasteiger partial charge in [-0.2, -0.15) is 0 Å². The highest BCUT2D eigenvalue weighted by molar-refractivity contribution is 6.32. The molecule has 2 N–H and O–H groups in total. The van der Waals surface area contributed by atoms with Crippen LogP contribution in [-0.4, -0.2) is 29.6 Å². The molecule has 34 heavy (non-hydrogen) atoms. The highest BCUT2D eigenvalue weighted by atomic mass is 35.5. The Balaban J connectivity index is 1.52. The summed E-state index contributed by atoms with van der Waals surface area (Å²) in [5, 5.41) is 0.911. The fourth-order valence-electron chi connectivity index (χ4n) is 3.49. The van der Waals surface area contributed by atoms with Crippen molar-refractivity contribution in [1.29, 1.82) is 0 Å². The molecule has 0 aliphatic rings. The number of anilines is 1. The van der Waals surface area contributed by atoms with Crippen molar-refractivity contribution in [2.45, 2.75) is 6.54 Å². The Hall–Kier alpha value is -3.94. The van der Waals surface area contributed by atoms with Gasteiger partial charge in [0.1, 0.15) is 5.82 Å². The van der Waals surface area contributed by atoms with Crippen LogP contribution in [0.25, 0.3) is 22.7 Å². The Morgan fingerprint density at radius 1 is 1.03 bits per heavy atom. The lowest BCUT2D eigenvalue weighted by atomic mass is 10.2. The van der Waals surface area contributed by atoms with Crippen LogP contribution in [0.2, 0.25) is 5.02 Å². The molecule has 0 saturated heterocycles. The second-order valence-electron chi connectivity index (χ2n) is 7.80. The number of hydrogen-bond acceptors (Lipinski definition) is 5. The second kappa shape index (κ2) is 10.3. The molecule has 3 aromatic carbocycles. The van der Waals surface area contributed by atoms with Gasteiger partial charge in [-0.15, -0.1) is 0 Å². The highest BCUT2D eigenvalue weighted by Crippen LogP contribution is 2.21. The molecule has 8 heteroatoms. The number of carbonyl (C=O) groups is 1. The average molecular weight is 474 g/mol. The minimum absolute atomic E-state index is 0.114. The SMILES string of the molecule is CN(C)c1ccc(/C=C/C(=O)NNCc2nc3ccccc3c(=O)n2-c2ccccc2Cl)cc1. The first-order valence-electron chi connectivity index (χ1n) is 10.7. The van der Waals surface area contributed by atoms with E-state index in [1.807, 2.05) is 49.3 Å². The Bertz CT molecular complexity index is 1410. The molecule has 172 valence electrons. The number of carbonyl (C=O) groups excluding carboxylic acids is 1. The van der Waals surface area contributed by atoms with Crippen molar-refractivity contribution >= 4 is 40.2 Å². The minimum atomic E-state index is -0.330. The largest absolute Gasteiger partial charge is 0.378 e. The molecule has 0 radical (unpaired) electrons. The Kier molecular flexibility index (Phi) is 7.06. The van der Waals surface area contributed by atoms with Crippen LogP contribution in [0.1, 0.15) is 11.4 Å². The van der Waals surface area contributed by atoms with Crippen molar-refractivity contribution in [3.63, 3.8) is 0 Å². The van der Waals surface area contributed by atoms with Gasteiger partial charge in [0.05, 0.1) is 28.2 Å². The van der Waals surface area contributed by atoms with Crippen LogP contribution in [0.3, 0.4) is 0 Å². The van der Waals surface area contributed by atoms with Crippen LogP contribution >= 0.6 is 11.6 Å². The Morgan fingerprint density at radius 3 is 2.47 bits per heavy atom. The van der Waals surface area contributed by atoms with Crippen LogP contribution in [0.4, 0.5) is 5.69 Å². The molecule has 0 bridgehead atoms. The van der Waals surface area contributed by atoms with E-state index < -0.39 is 0 Å². The second-order valence-corrected chi connectivity index (χ2v) is 8.21. The molecular formula is C26H24ClN5O2.